The van der Waals surface area contributed by atoms with Crippen LogP contribution in [0.4, 0.5) is 17.5 Å². The van der Waals surface area contributed by atoms with E-state index < -0.39 is 0 Å². The zero-order chi connectivity index (χ0) is 21.8. The van der Waals surface area contributed by atoms with Crippen LogP contribution in [0.25, 0.3) is 5.65 Å². The predicted octanol–water partition coefficient (Wildman–Crippen LogP) is 3.55. The number of aryl methyl sites for hydroxylation is 1. The topological polar surface area (TPSA) is 103 Å². The van der Waals surface area contributed by atoms with Gasteiger partial charge in [0.05, 0.1) is 0 Å². The molecular formula is C21H24N8OS. The Morgan fingerprint density at radius 1 is 1.23 bits per heavy atom. The number of H-pyrrole nitrogens is 1. The number of imidazole rings is 1. The largest absolute Gasteiger partial charge is 0.326 e. The van der Waals surface area contributed by atoms with Gasteiger partial charge in [-0.05, 0) is 45.3 Å². The van der Waals surface area contributed by atoms with Crippen LogP contribution >= 0.6 is 11.8 Å². The molecular weight excluding hydrogens is 412 g/mol. The molecule has 0 spiro atoms. The summed E-state index contributed by atoms with van der Waals surface area (Å²) in [5.74, 6) is 1.33. The molecule has 3 heterocycles. The minimum absolute atomic E-state index is 0.00449. The third-order valence-electron chi connectivity index (χ3n) is 4.46. The second kappa shape index (κ2) is 9.19. The number of benzene rings is 1. The van der Waals surface area contributed by atoms with Gasteiger partial charge >= 0.3 is 0 Å². The summed E-state index contributed by atoms with van der Waals surface area (Å²) in [4.78, 5) is 24.1. The van der Waals surface area contributed by atoms with E-state index in [1.807, 2.05) is 72.9 Å². The minimum Gasteiger partial charge on any atom is -0.326 e. The molecule has 3 aromatic heterocycles. The number of nitrogens with zero attached hydrogens (tertiary/aromatic N) is 5. The second-order valence-corrected chi connectivity index (χ2v) is 8.46. The number of carbonyl (C=O) groups excluding carboxylic acids is 1. The highest BCUT2D eigenvalue weighted by Gasteiger charge is 2.10. The number of aromatic amines is 1. The summed E-state index contributed by atoms with van der Waals surface area (Å²) < 4.78 is 1.88. The van der Waals surface area contributed by atoms with Gasteiger partial charge in [-0.1, -0.05) is 11.8 Å². The van der Waals surface area contributed by atoms with Gasteiger partial charge in [0, 0.05) is 53.8 Å². The lowest BCUT2D eigenvalue weighted by Crippen LogP contribution is -2.20. The molecule has 0 aliphatic carbocycles. The molecule has 0 atom stereocenters. The third kappa shape index (κ3) is 5.41. The summed E-state index contributed by atoms with van der Waals surface area (Å²) in [7, 11) is 3.90. The number of fused-ring (bicyclic) bond motifs is 1. The number of nitrogens with one attached hydrogen (secondary N) is 3. The zero-order valence-corrected chi connectivity index (χ0v) is 18.4. The molecule has 9 nitrogen and oxygen atoms in total. The molecule has 160 valence electrons. The van der Waals surface area contributed by atoms with E-state index in [2.05, 4.69) is 25.8 Å². The Bertz CT molecular complexity index is 1180. The van der Waals surface area contributed by atoms with E-state index in [1.165, 1.54) is 11.8 Å². The van der Waals surface area contributed by atoms with Gasteiger partial charge in [0.1, 0.15) is 10.7 Å². The maximum absolute atomic E-state index is 12.0. The maximum Gasteiger partial charge on any atom is 0.225 e. The first-order valence-corrected chi connectivity index (χ1v) is 10.6. The van der Waals surface area contributed by atoms with Crippen molar-refractivity contribution in [2.45, 2.75) is 23.3 Å². The van der Waals surface area contributed by atoms with E-state index in [1.54, 1.807) is 6.20 Å². The smallest absolute Gasteiger partial charge is 0.225 e. The first kappa shape index (κ1) is 20.9. The number of rotatable bonds is 8. The van der Waals surface area contributed by atoms with Gasteiger partial charge in [-0.25, -0.2) is 9.97 Å². The third-order valence-corrected chi connectivity index (χ3v) is 5.38. The lowest BCUT2D eigenvalue weighted by Gasteiger charge is -2.10. The van der Waals surface area contributed by atoms with Crippen LogP contribution in [-0.2, 0) is 4.79 Å². The quantitative estimate of drug-likeness (QED) is 0.363. The van der Waals surface area contributed by atoms with Crippen molar-refractivity contribution in [3.8, 4) is 0 Å². The highest BCUT2D eigenvalue weighted by molar-refractivity contribution is 7.99. The first-order chi connectivity index (χ1) is 15.0. The van der Waals surface area contributed by atoms with E-state index in [0.717, 1.165) is 33.5 Å². The number of amides is 1. The average Bonchev–Trinajstić information content (AvgIpc) is 3.37. The Labute approximate surface area is 184 Å². The summed E-state index contributed by atoms with van der Waals surface area (Å²) in [6.45, 7) is 2.66. The molecule has 0 bridgehead atoms. The standard InChI is InChI=1S/C21H24N8OS/c1-14-12-17(27-26-14)24-21-25-20(13-18-22-9-11-29(18)21)31-16-6-4-15(5-7-16)23-19(30)8-10-28(2)3/h4-7,9,11-13H,8,10H2,1-3H3,(H,23,30)(H2,24,25,26,27). The number of hydrogen-bond acceptors (Lipinski definition) is 7. The van der Waals surface area contributed by atoms with Crippen LogP contribution in [0.3, 0.4) is 0 Å². The summed E-state index contributed by atoms with van der Waals surface area (Å²) in [5, 5.41) is 14.1. The number of carbonyl (C=O) groups is 1. The molecule has 4 aromatic rings. The summed E-state index contributed by atoms with van der Waals surface area (Å²) >= 11 is 1.53. The second-order valence-electron chi connectivity index (χ2n) is 7.36. The highest BCUT2D eigenvalue weighted by Crippen LogP contribution is 2.29. The summed E-state index contributed by atoms with van der Waals surface area (Å²) in [6.07, 6.45) is 4.05. The van der Waals surface area contributed by atoms with Gasteiger partial charge in [0.2, 0.25) is 11.9 Å². The molecule has 0 aliphatic rings. The van der Waals surface area contributed by atoms with Crippen LogP contribution in [0.2, 0.25) is 0 Å². The van der Waals surface area contributed by atoms with Crippen molar-refractivity contribution in [1.29, 1.82) is 0 Å². The first-order valence-electron chi connectivity index (χ1n) is 9.82. The molecule has 1 amide bonds. The number of hydrogen-bond donors (Lipinski definition) is 3. The van der Waals surface area contributed by atoms with E-state index >= 15 is 0 Å². The lowest BCUT2D eigenvalue weighted by atomic mass is 10.3. The fourth-order valence-corrected chi connectivity index (χ4v) is 3.72. The van der Waals surface area contributed by atoms with E-state index in [9.17, 15) is 4.79 Å². The van der Waals surface area contributed by atoms with Crippen molar-refractivity contribution < 1.29 is 4.79 Å². The van der Waals surface area contributed by atoms with Gasteiger partial charge in [-0.2, -0.15) is 5.10 Å². The van der Waals surface area contributed by atoms with E-state index in [-0.39, 0.29) is 5.91 Å². The van der Waals surface area contributed by atoms with Crippen LogP contribution in [0.5, 0.6) is 0 Å². The fourth-order valence-electron chi connectivity index (χ4n) is 2.91. The van der Waals surface area contributed by atoms with Crippen LogP contribution in [0, 0.1) is 6.92 Å². The van der Waals surface area contributed by atoms with Crippen molar-refractivity contribution in [1.82, 2.24) is 29.5 Å². The molecule has 3 N–H and O–H groups in total. The molecule has 1 aromatic carbocycles. The molecule has 0 saturated carbocycles. The highest BCUT2D eigenvalue weighted by atomic mass is 32.2. The van der Waals surface area contributed by atoms with Crippen molar-refractivity contribution in [3.63, 3.8) is 0 Å². The molecule has 31 heavy (non-hydrogen) atoms. The molecule has 4 rings (SSSR count). The van der Waals surface area contributed by atoms with Gasteiger partial charge in [0.25, 0.3) is 0 Å². The Hall–Kier alpha value is -3.37. The van der Waals surface area contributed by atoms with Crippen LogP contribution < -0.4 is 10.6 Å². The molecule has 10 heteroatoms. The lowest BCUT2D eigenvalue weighted by molar-refractivity contribution is -0.116. The minimum atomic E-state index is 0.00449. The molecule has 0 radical (unpaired) electrons. The van der Waals surface area contributed by atoms with Gasteiger partial charge < -0.3 is 15.5 Å². The molecule has 0 unspecified atom stereocenters. The molecule has 0 fully saturated rings. The van der Waals surface area contributed by atoms with Gasteiger partial charge in [-0.3, -0.25) is 14.3 Å². The summed E-state index contributed by atoms with van der Waals surface area (Å²) in [6, 6.07) is 11.6. The number of aromatic nitrogens is 5. The zero-order valence-electron chi connectivity index (χ0n) is 17.6. The van der Waals surface area contributed by atoms with Gasteiger partial charge in [-0.15, -0.1) is 0 Å². The van der Waals surface area contributed by atoms with Crippen LogP contribution in [0.15, 0.2) is 58.7 Å². The van der Waals surface area contributed by atoms with Crippen LogP contribution in [0.1, 0.15) is 12.1 Å². The Balaban J connectivity index is 1.47. The van der Waals surface area contributed by atoms with E-state index in [0.29, 0.717) is 18.2 Å². The predicted molar refractivity (Wildman–Crippen MR) is 122 cm³/mol. The SMILES string of the molecule is Cc1cc(Nc2nc(Sc3ccc(NC(=O)CCN(C)C)cc3)cc3nccn23)n[nH]1. The maximum atomic E-state index is 12.0. The van der Waals surface area contributed by atoms with Crippen molar-refractivity contribution >= 4 is 40.8 Å². The molecule has 0 aliphatic heterocycles. The van der Waals surface area contributed by atoms with E-state index in [4.69, 9.17) is 4.98 Å². The fraction of sp³-hybridized carbons (Fsp3) is 0.238. The average molecular weight is 437 g/mol. The van der Waals surface area contributed by atoms with Crippen LogP contribution in [-0.4, -0.2) is 56.0 Å². The van der Waals surface area contributed by atoms with Crippen molar-refractivity contribution in [3.05, 3.63) is 54.5 Å². The Morgan fingerprint density at radius 3 is 2.74 bits per heavy atom. The monoisotopic (exact) mass is 436 g/mol. The Morgan fingerprint density at radius 2 is 2.03 bits per heavy atom. The van der Waals surface area contributed by atoms with Crippen molar-refractivity contribution in [2.75, 3.05) is 31.3 Å². The normalized spacial score (nSPS) is 11.2. The van der Waals surface area contributed by atoms with Crippen molar-refractivity contribution in [2.24, 2.45) is 0 Å². The van der Waals surface area contributed by atoms with Gasteiger partial charge in [0.15, 0.2) is 5.82 Å². The number of anilines is 3. The summed E-state index contributed by atoms with van der Waals surface area (Å²) in [5.41, 5.74) is 2.53. The molecule has 0 saturated heterocycles. The Kier molecular flexibility index (Phi) is 6.19.